The lowest BCUT2D eigenvalue weighted by Crippen LogP contribution is -2.62. The van der Waals surface area contributed by atoms with E-state index in [4.69, 9.17) is 0 Å². The molecule has 0 radical (unpaired) electrons. The molecule has 19 heavy (non-hydrogen) atoms. The fraction of sp³-hybridized carbons (Fsp3) is 1.00. The summed E-state index contributed by atoms with van der Waals surface area (Å²) in [5.74, 6) is 2.07. The molecule has 0 spiro atoms. The second-order valence-electron chi connectivity index (χ2n) is 9.49. The maximum Gasteiger partial charge on any atom is 0.0172 e. The minimum absolute atomic E-state index is 0.387. The maximum atomic E-state index is 3.90. The van der Waals surface area contributed by atoms with Crippen molar-refractivity contribution in [3.8, 4) is 0 Å². The smallest absolute Gasteiger partial charge is 0.0172 e. The SMILES string of the molecule is CCNC(C(C)(C)C)C12CC3CC(CC(C)(C3)C1)C2. The van der Waals surface area contributed by atoms with Crippen LogP contribution in [0.25, 0.3) is 0 Å². The van der Waals surface area contributed by atoms with Crippen molar-refractivity contribution in [3.05, 3.63) is 0 Å². The van der Waals surface area contributed by atoms with Gasteiger partial charge in [-0.3, -0.25) is 0 Å². The first-order chi connectivity index (χ1) is 8.76. The van der Waals surface area contributed by atoms with Crippen molar-refractivity contribution in [2.45, 2.75) is 79.2 Å². The van der Waals surface area contributed by atoms with Gasteiger partial charge in [-0.15, -0.1) is 0 Å². The highest BCUT2D eigenvalue weighted by molar-refractivity contribution is 5.11. The quantitative estimate of drug-likeness (QED) is 0.783. The van der Waals surface area contributed by atoms with Gasteiger partial charge in [-0.2, -0.15) is 0 Å². The molecule has 1 heteroatoms. The van der Waals surface area contributed by atoms with Crippen molar-refractivity contribution in [1.29, 1.82) is 0 Å². The lowest BCUT2D eigenvalue weighted by Gasteiger charge is -2.65. The summed E-state index contributed by atoms with van der Waals surface area (Å²) in [5.41, 5.74) is 1.66. The molecule has 4 aliphatic carbocycles. The van der Waals surface area contributed by atoms with E-state index in [1.54, 1.807) is 6.42 Å². The van der Waals surface area contributed by atoms with E-state index >= 15 is 0 Å². The van der Waals surface area contributed by atoms with Gasteiger partial charge in [-0.1, -0.05) is 34.6 Å². The van der Waals surface area contributed by atoms with Gasteiger partial charge in [-0.25, -0.2) is 0 Å². The van der Waals surface area contributed by atoms with Crippen molar-refractivity contribution < 1.29 is 0 Å². The highest BCUT2D eigenvalue weighted by Gasteiger charge is 2.59. The molecule has 4 fully saturated rings. The Bertz CT molecular complexity index is 337. The first-order valence-corrected chi connectivity index (χ1v) is 8.50. The van der Waals surface area contributed by atoms with Crippen LogP contribution in [0, 0.1) is 28.1 Å². The van der Waals surface area contributed by atoms with E-state index in [0.717, 1.165) is 18.4 Å². The van der Waals surface area contributed by atoms with Crippen LogP contribution >= 0.6 is 0 Å². The summed E-state index contributed by atoms with van der Waals surface area (Å²) in [5, 5.41) is 3.90. The molecule has 4 aliphatic rings. The summed E-state index contributed by atoms with van der Waals surface area (Å²) >= 11 is 0. The van der Waals surface area contributed by atoms with Crippen molar-refractivity contribution in [3.63, 3.8) is 0 Å². The van der Waals surface area contributed by atoms with Crippen LogP contribution in [0.3, 0.4) is 0 Å². The predicted molar refractivity (Wildman–Crippen MR) is 82.1 cm³/mol. The van der Waals surface area contributed by atoms with Crippen LogP contribution in [-0.4, -0.2) is 12.6 Å². The summed E-state index contributed by atoms with van der Waals surface area (Å²) in [4.78, 5) is 0. The van der Waals surface area contributed by atoms with Gasteiger partial charge in [0.1, 0.15) is 0 Å². The van der Waals surface area contributed by atoms with Gasteiger partial charge in [0, 0.05) is 6.04 Å². The van der Waals surface area contributed by atoms with Crippen LogP contribution in [0.1, 0.15) is 73.1 Å². The average Bonchev–Trinajstić information content (AvgIpc) is 2.20. The Kier molecular flexibility index (Phi) is 3.10. The Morgan fingerprint density at radius 2 is 1.68 bits per heavy atom. The third-order valence-electron chi connectivity index (χ3n) is 6.29. The van der Waals surface area contributed by atoms with Crippen molar-refractivity contribution in [1.82, 2.24) is 5.32 Å². The Morgan fingerprint density at radius 1 is 1.11 bits per heavy atom. The van der Waals surface area contributed by atoms with Crippen LogP contribution in [0.4, 0.5) is 0 Å². The zero-order chi connectivity index (χ0) is 13.9. The summed E-state index contributed by atoms with van der Waals surface area (Å²) in [6.45, 7) is 13.3. The Balaban J connectivity index is 1.93. The minimum atomic E-state index is 0.387. The fourth-order valence-corrected chi connectivity index (χ4v) is 6.78. The molecule has 0 amide bonds. The molecule has 4 saturated carbocycles. The Hall–Kier alpha value is -0.0400. The van der Waals surface area contributed by atoms with Gasteiger partial charge < -0.3 is 5.32 Å². The first-order valence-electron chi connectivity index (χ1n) is 8.50. The van der Waals surface area contributed by atoms with E-state index in [-0.39, 0.29) is 0 Å². The molecule has 1 nitrogen and oxygen atoms in total. The molecular formula is C18H33N. The van der Waals surface area contributed by atoms with Crippen LogP contribution in [0.2, 0.25) is 0 Å². The van der Waals surface area contributed by atoms with Crippen molar-refractivity contribution >= 4 is 0 Å². The highest BCUT2D eigenvalue weighted by Crippen LogP contribution is 2.67. The lowest BCUT2D eigenvalue weighted by atomic mass is 9.41. The second-order valence-corrected chi connectivity index (χ2v) is 9.49. The Morgan fingerprint density at radius 3 is 2.11 bits per heavy atom. The van der Waals surface area contributed by atoms with E-state index in [1.807, 2.05) is 0 Å². The third kappa shape index (κ3) is 2.26. The summed E-state index contributed by atoms with van der Waals surface area (Å²) in [6.07, 6.45) is 9.09. The molecule has 110 valence electrons. The normalized spacial score (nSPS) is 46.6. The van der Waals surface area contributed by atoms with Gasteiger partial charge in [0.25, 0.3) is 0 Å². The number of hydrogen-bond acceptors (Lipinski definition) is 1. The van der Waals surface area contributed by atoms with Gasteiger partial charge in [0.2, 0.25) is 0 Å². The second kappa shape index (κ2) is 4.23. The molecule has 0 aromatic heterocycles. The van der Waals surface area contributed by atoms with Gasteiger partial charge >= 0.3 is 0 Å². The molecule has 3 atom stereocenters. The summed E-state index contributed by atoms with van der Waals surface area (Å²) in [6, 6.07) is 0.704. The number of hydrogen-bond donors (Lipinski definition) is 1. The summed E-state index contributed by atoms with van der Waals surface area (Å²) in [7, 11) is 0. The molecule has 0 aromatic rings. The highest BCUT2D eigenvalue weighted by atomic mass is 15.0. The molecule has 0 aliphatic heterocycles. The zero-order valence-electron chi connectivity index (χ0n) is 13.7. The van der Waals surface area contributed by atoms with Crippen LogP contribution in [0.5, 0.6) is 0 Å². The molecule has 0 saturated heterocycles. The number of rotatable bonds is 3. The summed E-state index contributed by atoms with van der Waals surface area (Å²) < 4.78 is 0. The first kappa shape index (κ1) is 13.9. The molecule has 4 bridgehead atoms. The maximum absolute atomic E-state index is 3.90. The van der Waals surface area contributed by atoms with Crippen LogP contribution in [0.15, 0.2) is 0 Å². The van der Waals surface area contributed by atoms with Crippen molar-refractivity contribution in [2.24, 2.45) is 28.1 Å². The van der Waals surface area contributed by atoms with E-state index in [9.17, 15) is 0 Å². The average molecular weight is 263 g/mol. The van der Waals surface area contributed by atoms with Crippen LogP contribution < -0.4 is 5.32 Å². The van der Waals surface area contributed by atoms with Gasteiger partial charge in [0.05, 0.1) is 0 Å². The largest absolute Gasteiger partial charge is 0.313 e. The fourth-order valence-electron chi connectivity index (χ4n) is 6.78. The molecular weight excluding hydrogens is 230 g/mol. The van der Waals surface area contributed by atoms with Gasteiger partial charge in [0.15, 0.2) is 0 Å². The molecule has 0 heterocycles. The van der Waals surface area contributed by atoms with E-state index in [1.165, 1.54) is 32.1 Å². The molecule has 0 aromatic carbocycles. The van der Waals surface area contributed by atoms with Gasteiger partial charge in [-0.05, 0) is 73.2 Å². The molecule has 1 N–H and O–H groups in total. The molecule has 3 unspecified atom stereocenters. The number of nitrogens with one attached hydrogen (secondary N) is 1. The topological polar surface area (TPSA) is 12.0 Å². The Labute approximate surface area is 119 Å². The van der Waals surface area contributed by atoms with E-state index < -0.39 is 0 Å². The zero-order valence-corrected chi connectivity index (χ0v) is 13.7. The van der Waals surface area contributed by atoms with Crippen LogP contribution in [-0.2, 0) is 0 Å². The standard InChI is InChI=1S/C18H33N/c1-6-19-15(16(2,3)4)18-10-13-7-14(11-18)9-17(5,8-13)12-18/h13-15,19H,6-12H2,1-5H3. The molecule has 4 rings (SSSR count). The minimum Gasteiger partial charge on any atom is -0.313 e. The van der Waals surface area contributed by atoms with E-state index in [0.29, 0.717) is 22.3 Å². The lowest BCUT2D eigenvalue weighted by molar-refractivity contribution is -0.133. The monoisotopic (exact) mass is 263 g/mol. The van der Waals surface area contributed by atoms with Crippen molar-refractivity contribution in [2.75, 3.05) is 6.54 Å². The predicted octanol–water partition coefficient (Wildman–Crippen LogP) is 4.62. The van der Waals surface area contributed by atoms with E-state index in [2.05, 4.69) is 39.9 Å². The third-order valence-corrected chi connectivity index (χ3v) is 6.29.